The Labute approximate surface area is 150 Å². The molecule has 1 saturated heterocycles. The molecule has 0 bridgehead atoms. The molecular formula is C18H28N2O4S. The van der Waals surface area contributed by atoms with Crippen molar-refractivity contribution in [2.75, 3.05) is 13.2 Å². The summed E-state index contributed by atoms with van der Waals surface area (Å²) in [7, 11) is -3.53. The van der Waals surface area contributed by atoms with Crippen LogP contribution in [0.4, 0.5) is 0 Å². The van der Waals surface area contributed by atoms with Gasteiger partial charge in [-0.25, -0.2) is 13.1 Å². The molecule has 0 saturated carbocycles. The highest BCUT2D eigenvalue weighted by molar-refractivity contribution is 7.89. The first-order valence-corrected chi connectivity index (χ1v) is 10.2. The summed E-state index contributed by atoms with van der Waals surface area (Å²) in [5.74, 6) is -0.0124. The van der Waals surface area contributed by atoms with Gasteiger partial charge in [-0.2, -0.15) is 0 Å². The van der Waals surface area contributed by atoms with Gasteiger partial charge >= 0.3 is 0 Å². The Morgan fingerprint density at radius 3 is 2.48 bits per heavy atom. The summed E-state index contributed by atoms with van der Waals surface area (Å²) in [6.45, 7) is 6.74. The maximum atomic E-state index is 12.2. The fraction of sp³-hybridized carbons (Fsp3) is 0.611. The number of hydrogen-bond donors (Lipinski definition) is 2. The molecule has 0 unspecified atom stereocenters. The molecule has 0 aliphatic carbocycles. The minimum absolute atomic E-state index is 0.0124. The molecular weight excluding hydrogens is 340 g/mol. The molecule has 2 rings (SSSR count). The van der Waals surface area contributed by atoms with Crippen molar-refractivity contribution in [3.8, 4) is 0 Å². The zero-order chi connectivity index (χ0) is 18.5. The Morgan fingerprint density at radius 2 is 1.92 bits per heavy atom. The summed E-state index contributed by atoms with van der Waals surface area (Å²) in [6, 6.07) is 6.66. The van der Waals surface area contributed by atoms with Crippen LogP contribution in [0.5, 0.6) is 0 Å². The summed E-state index contributed by atoms with van der Waals surface area (Å²) in [6.07, 6.45) is 3.14. The summed E-state index contributed by atoms with van der Waals surface area (Å²) >= 11 is 0. The monoisotopic (exact) mass is 368 g/mol. The number of ether oxygens (including phenoxy) is 1. The molecule has 140 valence electrons. The minimum Gasteiger partial charge on any atom is -0.376 e. The van der Waals surface area contributed by atoms with Crippen molar-refractivity contribution in [3.63, 3.8) is 0 Å². The molecule has 2 N–H and O–H groups in total. The van der Waals surface area contributed by atoms with E-state index in [9.17, 15) is 13.2 Å². The number of aryl methyl sites for hydroxylation is 1. The standard InChI is InChI=1S/C18H28N2O4S/c1-18(2,3)20-25(22,23)16-9-6-14(7-10-16)8-11-17(21)19-13-15-5-4-12-24-15/h6-7,9-10,15,20H,4-5,8,11-13H2,1-3H3,(H,19,21)/t15-/m0/s1. The average Bonchev–Trinajstić information content (AvgIpc) is 3.02. The third-order valence-electron chi connectivity index (χ3n) is 3.87. The molecule has 1 fully saturated rings. The fourth-order valence-corrected chi connectivity index (χ4v) is 4.09. The predicted octanol–water partition coefficient (Wildman–Crippen LogP) is 1.99. The van der Waals surface area contributed by atoms with Gasteiger partial charge in [-0.3, -0.25) is 4.79 Å². The van der Waals surface area contributed by atoms with Crippen molar-refractivity contribution in [3.05, 3.63) is 29.8 Å². The molecule has 1 amide bonds. The lowest BCUT2D eigenvalue weighted by Gasteiger charge is -2.20. The normalized spacial score (nSPS) is 18.3. The molecule has 1 aromatic rings. The maximum absolute atomic E-state index is 12.2. The zero-order valence-electron chi connectivity index (χ0n) is 15.2. The quantitative estimate of drug-likeness (QED) is 0.771. The zero-order valence-corrected chi connectivity index (χ0v) is 16.0. The molecule has 25 heavy (non-hydrogen) atoms. The number of carbonyl (C=O) groups excluding carboxylic acids is 1. The van der Waals surface area contributed by atoms with Crippen molar-refractivity contribution in [2.24, 2.45) is 0 Å². The Bertz CT molecular complexity index is 672. The summed E-state index contributed by atoms with van der Waals surface area (Å²) < 4.78 is 32.6. The number of benzene rings is 1. The summed E-state index contributed by atoms with van der Waals surface area (Å²) in [4.78, 5) is 12.1. The van der Waals surface area contributed by atoms with E-state index in [1.54, 1.807) is 45.0 Å². The number of nitrogens with one attached hydrogen (secondary N) is 2. The molecule has 1 aliphatic rings. The van der Waals surface area contributed by atoms with Crippen molar-refractivity contribution >= 4 is 15.9 Å². The fourth-order valence-electron chi connectivity index (χ4n) is 2.68. The molecule has 1 aromatic carbocycles. The van der Waals surface area contributed by atoms with Crippen molar-refractivity contribution in [1.82, 2.24) is 10.0 Å². The lowest BCUT2D eigenvalue weighted by atomic mass is 10.1. The lowest BCUT2D eigenvalue weighted by Crippen LogP contribution is -2.40. The smallest absolute Gasteiger partial charge is 0.241 e. The van der Waals surface area contributed by atoms with E-state index in [-0.39, 0.29) is 16.9 Å². The van der Waals surface area contributed by atoms with Crippen LogP contribution in [-0.2, 0) is 26.0 Å². The molecule has 0 aromatic heterocycles. The summed E-state index contributed by atoms with van der Waals surface area (Å²) in [5.41, 5.74) is 0.403. The van der Waals surface area contributed by atoms with Gasteiger partial charge in [0.15, 0.2) is 0 Å². The second-order valence-corrected chi connectivity index (χ2v) is 9.12. The Hall–Kier alpha value is -1.44. The molecule has 1 atom stereocenters. The van der Waals surface area contributed by atoms with Gasteiger partial charge < -0.3 is 10.1 Å². The maximum Gasteiger partial charge on any atom is 0.241 e. The van der Waals surface area contributed by atoms with Crippen molar-refractivity contribution in [2.45, 2.75) is 63.0 Å². The van der Waals surface area contributed by atoms with Gasteiger partial charge in [0.05, 0.1) is 11.0 Å². The van der Waals surface area contributed by atoms with Gasteiger partial charge in [-0.15, -0.1) is 0 Å². The average molecular weight is 368 g/mol. The number of amides is 1. The summed E-state index contributed by atoms with van der Waals surface area (Å²) in [5, 5.41) is 2.89. The molecule has 1 heterocycles. The van der Waals surface area contributed by atoms with Crippen molar-refractivity contribution < 1.29 is 17.9 Å². The second-order valence-electron chi connectivity index (χ2n) is 7.44. The first kappa shape index (κ1) is 19.9. The highest BCUT2D eigenvalue weighted by Gasteiger charge is 2.21. The van der Waals surface area contributed by atoms with Crippen molar-refractivity contribution in [1.29, 1.82) is 0 Å². The lowest BCUT2D eigenvalue weighted by molar-refractivity contribution is -0.121. The van der Waals surface area contributed by atoms with E-state index in [1.807, 2.05) is 0 Å². The van der Waals surface area contributed by atoms with Gasteiger partial charge in [0.2, 0.25) is 15.9 Å². The first-order chi connectivity index (χ1) is 11.7. The largest absolute Gasteiger partial charge is 0.376 e. The van der Waals surface area contributed by atoms with Gasteiger partial charge in [0.1, 0.15) is 0 Å². The van der Waals surface area contributed by atoms with E-state index in [0.29, 0.717) is 19.4 Å². The van der Waals surface area contributed by atoms with Crippen LogP contribution in [0.1, 0.15) is 45.6 Å². The third-order valence-corrected chi connectivity index (χ3v) is 5.64. The Kier molecular flexibility index (Phi) is 6.59. The number of hydrogen-bond acceptors (Lipinski definition) is 4. The molecule has 0 radical (unpaired) electrons. The Balaban J connectivity index is 1.82. The second kappa shape index (κ2) is 8.29. The first-order valence-electron chi connectivity index (χ1n) is 8.67. The molecule has 0 spiro atoms. The van der Waals surface area contributed by atoms with Crippen LogP contribution in [0.2, 0.25) is 0 Å². The van der Waals surface area contributed by atoms with E-state index in [2.05, 4.69) is 10.0 Å². The number of carbonyl (C=O) groups is 1. The number of sulfonamides is 1. The SMILES string of the molecule is CC(C)(C)NS(=O)(=O)c1ccc(CCC(=O)NC[C@@H]2CCCO2)cc1. The van der Waals surface area contributed by atoms with Crippen LogP contribution in [0.3, 0.4) is 0 Å². The highest BCUT2D eigenvalue weighted by Crippen LogP contribution is 2.15. The highest BCUT2D eigenvalue weighted by atomic mass is 32.2. The van der Waals surface area contributed by atoms with E-state index >= 15 is 0 Å². The van der Waals surface area contributed by atoms with Crippen LogP contribution in [-0.4, -0.2) is 39.1 Å². The van der Waals surface area contributed by atoms with Gasteiger partial charge in [-0.1, -0.05) is 12.1 Å². The van der Waals surface area contributed by atoms with Gasteiger partial charge in [-0.05, 0) is 57.7 Å². The Morgan fingerprint density at radius 1 is 1.24 bits per heavy atom. The van der Waals surface area contributed by atoms with Gasteiger partial charge in [0.25, 0.3) is 0 Å². The van der Waals surface area contributed by atoms with E-state index in [4.69, 9.17) is 4.74 Å². The minimum atomic E-state index is -3.53. The van der Waals surface area contributed by atoms with E-state index in [1.165, 1.54) is 0 Å². The molecule has 1 aliphatic heterocycles. The topological polar surface area (TPSA) is 84.5 Å². The van der Waals surface area contributed by atoms with Crippen LogP contribution in [0.25, 0.3) is 0 Å². The van der Waals surface area contributed by atoms with Crippen LogP contribution in [0, 0.1) is 0 Å². The van der Waals surface area contributed by atoms with E-state index in [0.717, 1.165) is 25.0 Å². The number of rotatable bonds is 7. The molecule has 6 nitrogen and oxygen atoms in total. The van der Waals surface area contributed by atoms with Crippen LogP contribution in [0.15, 0.2) is 29.2 Å². The van der Waals surface area contributed by atoms with Crippen LogP contribution < -0.4 is 10.0 Å². The van der Waals surface area contributed by atoms with Crippen LogP contribution >= 0.6 is 0 Å². The van der Waals surface area contributed by atoms with Gasteiger partial charge in [0, 0.05) is 25.1 Å². The predicted molar refractivity (Wildman–Crippen MR) is 96.8 cm³/mol. The molecule has 7 heteroatoms. The third kappa shape index (κ3) is 6.76. The van der Waals surface area contributed by atoms with E-state index < -0.39 is 15.6 Å².